The second-order valence-corrected chi connectivity index (χ2v) is 7.80. The summed E-state index contributed by atoms with van der Waals surface area (Å²) in [7, 11) is 0. The maximum Gasteiger partial charge on any atom is 0.685 e. The van der Waals surface area contributed by atoms with Crippen molar-refractivity contribution in [2.75, 3.05) is 18.0 Å². The number of nitro benzene ring substituents is 1. The van der Waals surface area contributed by atoms with E-state index in [4.69, 9.17) is 9.31 Å². The molecule has 0 fully saturated rings. The number of hydrogen-bond donors (Lipinski definition) is 0. The second-order valence-electron chi connectivity index (χ2n) is 7.80. The molecule has 9 heteroatoms. The highest BCUT2D eigenvalue weighted by Crippen LogP contribution is 2.44. The van der Waals surface area contributed by atoms with E-state index in [1.54, 1.807) is 18.2 Å². The quantitative estimate of drug-likeness (QED) is 0.346. The molecule has 0 aromatic heterocycles. The second kappa shape index (κ2) is 7.37. The van der Waals surface area contributed by atoms with Crippen LogP contribution in [0.2, 0.25) is 0 Å². The predicted molar refractivity (Wildman–Crippen MR) is 121 cm³/mol. The number of nitro groups is 1. The van der Waals surface area contributed by atoms with Gasteiger partial charge in [-0.3, -0.25) is 10.1 Å². The van der Waals surface area contributed by atoms with E-state index in [9.17, 15) is 14.5 Å². The molecule has 3 aromatic carbocycles. The minimum atomic E-state index is -2.31. The summed E-state index contributed by atoms with van der Waals surface area (Å²) in [4.78, 5) is 13.0. The fourth-order valence-electron chi connectivity index (χ4n) is 4.43. The predicted octanol–water partition coefficient (Wildman–Crippen LogP) is 3.97. The Labute approximate surface area is 184 Å². The summed E-state index contributed by atoms with van der Waals surface area (Å²) in [5.74, 6) is 0.608. The van der Waals surface area contributed by atoms with Crippen molar-refractivity contribution in [3.8, 4) is 11.5 Å². The first-order valence-corrected chi connectivity index (χ1v) is 10.5. The van der Waals surface area contributed by atoms with Gasteiger partial charge in [0.2, 0.25) is 0 Å². The molecule has 32 heavy (non-hydrogen) atoms. The Morgan fingerprint density at radius 3 is 2.41 bits per heavy atom. The summed E-state index contributed by atoms with van der Waals surface area (Å²) in [6.45, 7) is 3.57. The van der Waals surface area contributed by atoms with Crippen molar-refractivity contribution < 1.29 is 23.1 Å². The zero-order valence-corrected chi connectivity index (χ0v) is 17.7. The third-order valence-electron chi connectivity index (χ3n) is 6.07. The number of rotatable bonds is 5. The van der Waals surface area contributed by atoms with E-state index in [0.717, 1.165) is 24.3 Å². The van der Waals surface area contributed by atoms with Gasteiger partial charge in [0.25, 0.3) is 5.69 Å². The molecule has 2 heterocycles. The smallest absolute Gasteiger partial charge is 0.618 e. The number of halogens is 1. The Kier molecular flexibility index (Phi) is 4.62. The first-order chi connectivity index (χ1) is 15.4. The van der Waals surface area contributed by atoms with Crippen LogP contribution in [0.25, 0.3) is 0 Å². The lowest BCUT2D eigenvalue weighted by Crippen LogP contribution is -2.65. The van der Waals surface area contributed by atoms with E-state index in [0.29, 0.717) is 22.6 Å². The van der Waals surface area contributed by atoms with Crippen molar-refractivity contribution in [3.63, 3.8) is 0 Å². The third-order valence-corrected chi connectivity index (χ3v) is 6.07. The highest BCUT2D eigenvalue weighted by Gasteiger charge is 2.57. The van der Waals surface area contributed by atoms with Crippen LogP contribution in [0.5, 0.6) is 11.5 Å². The SMILES string of the molecule is CCN(CC)c1ccc2c(c1)O[B@@-]1(c3ccc(F)cc3)Oc3cc([N+](=O)[O-])ccc3[N+]1=C2. The van der Waals surface area contributed by atoms with E-state index < -0.39 is 11.6 Å². The lowest BCUT2D eigenvalue weighted by Gasteiger charge is -2.36. The number of nitrogens with zero attached hydrogens (tertiary/aromatic N) is 3. The molecular weight excluding hydrogens is 412 g/mol. The molecule has 0 saturated heterocycles. The van der Waals surface area contributed by atoms with Gasteiger partial charge in [-0.25, -0.2) is 4.39 Å². The molecule has 2 aliphatic rings. The normalized spacial score (nSPS) is 17.9. The van der Waals surface area contributed by atoms with E-state index in [1.807, 2.05) is 28.9 Å². The monoisotopic (exact) mass is 433 g/mol. The molecule has 162 valence electrons. The lowest BCUT2D eigenvalue weighted by atomic mass is 9.62. The van der Waals surface area contributed by atoms with Crippen LogP contribution in [0.15, 0.2) is 60.7 Å². The highest BCUT2D eigenvalue weighted by atomic mass is 19.1. The van der Waals surface area contributed by atoms with Crippen LogP contribution in [0, 0.1) is 15.9 Å². The summed E-state index contributed by atoms with van der Waals surface area (Å²) in [5, 5.41) is 11.3. The van der Waals surface area contributed by atoms with Gasteiger partial charge in [-0.1, -0.05) is 12.1 Å². The van der Waals surface area contributed by atoms with Crippen LogP contribution in [-0.4, -0.2) is 35.4 Å². The molecule has 0 spiro atoms. The van der Waals surface area contributed by atoms with Crippen LogP contribution in [0.1, 0.15) is 19.4 Å². The Balaban J connectivity index is 1.69. The van der Waals surface area contributed by atoms with Crippen molar-refractivity contribution in [3.05, 3.63) is 82.2 Å². The Morgan fingerprint density at radius 1 is 1.00 bits per heavy atom. The molecule has 7 nitrogen and oxygen atoms in total. The van der Waals surface area contributed by atoms with Gasteiger partial charge in [-0.2, -0.15) is 0 Å². The van der Waals surface area contributed by atoms with Gasteiger partial charge in [0.05, 0.1) is 22.3 Å². The van der Waals surface area contributed by atoms with Gasteiger partial charge < -0.3 is 18.7 Å². The van der Waals surface area contributed by atoms with Crippen LogP contribution in [0.3, 0.4) is 0 Å². The molecule has 0 N–H and O–H groups in total. The van der Waals surface area contributed by atoms with Gasteiger partial charge in [-0.05, 0) is 43.6 Å². The maximum atomic E-state index is 13.7. The summed E-state index contributed by atoms with van der Waals surface area (Å²) < 4.78 is 28.4. The van der Waals surface area contributed by atoms with Gasteiger partial charge >= 0.3 is 6.69 Å². The molecule has 2 aliphatic heterocycles. The minimum Gasteiger partial charge on any atom is -0.618 e. The van der Waals surface area contributed by atoms with Crippen LogP contribution >= 0.6 is 0 Å². The summed E-state index contributed by atoms with van der Waals surface area (Å²) in [6.07, 6.45) is 1.92. The molecule has 0 unspecified atom stereocenters. The number of fused-ring (bicyclic) bond motifs is 4. The van der Waals surface area contributed by atoms with Gasteiger partial charge in [0.1, 0.15) is 12.0 Å². The molecule has 0 radical (unpaired) electrons. The van der Waals surface area contributed by atoms with Crippen LogP contribution in [0.4, 0.5) is 21.5 Å². The summed E-state index contributed by atoms with van der Waals surface area (Å²) >= 11 is 0. The maximum absolute atomic E-state index is 13.7. The topological polar surface area (TPSA) is 67.9 Å². The number of non-ortho nitro benzene ring substituents is 1. The van der Waals surface area contributed by atoms with Crippen molar-refractivity contribution in [2.24, 2.45) is 0 Å². The van der Waals surface area contributed by atoms with Crippen LogP contribution in [-0.2, 0) is 0 Å². The van der Waals surface area contributed by atoms with Crippen molar-refractivity contribution in [1.29, 1.82) is 0 Å². The van der Waals surface area contributed by atoms with Gasteiger partial charge in [-0.15, -0.1) is 0 Å². The highest BCUT2D eigenvalue weighted by molar-refractivity contribution is 6.77. The number of benzene rings is 3. The van der Waals surface area contributed by atoms with Gasteiger partial charge in [0.15, 0.2) is 11.4 Å². The third kappa shape index (κ3) is 3.00. The zero-order valence-electron chi connectivity index (χ0n) is 17.7. The molecule has 0 aliphatic carbocycles. The average molecular weight is 433 g/mol. The number of hydrogen-bond acceptors (Lipinski definition) is 5. The molecule has 5 rings (SSSR count). The Bertz CT molecular complexity index is 1260. The average Bonchev–Trinajstić information content (AvgIpc) is 3.12. The van der Waals surface area contributed by atoms with E-state index in [2.05, 4.69) is 18.7 Å². The Morgan fingerprint density at radius 2 is 1.72 bits per heavy atom. The Hall–Kier alpha value is -3.88. The minimum absolute atomic E-state index is 0.0741. The molecule has 0 saturated carbocycles. The summed E-state index contributed by atoms with van der Waals surface area (Å²) in [5.41, 5.74) is 3.08. The van der Waals surface area contributed by atoms with Crippen molar-refractivity contribution >= 4 is 35.4 Å². The van der Waals surface area contributed by atoms with E-state index in [-0.39, 0.29) is 11.5 Å². The van der Waals surface area contributed by atoms with Crippen LogP contribution < -0.4 is 19.7 Å². The van der Waals surface area contributed by atoms with Crippen molar-refractivity contribution in [1.82, 2.24) is 0 Å². The zero-order chi connectivity index (χ0) is 22.5. The standard InChI is InChI=1S/C23H21BFN3O4/c1-3-26(4-2)19-10-5-16-15-27-21-12-11-20(28(29)30)14-23(21)32-24(27,31-22(16)13-19)17-6-8-18(25)9-7-17/h5-15H,3-4H2,1-2H3/t24-/m0/s1. The lowest BCUT2D eigenvalue weighted by molar-refractivity contribution is -0.385. The van der Waals surface area contributed by atoms with E-state index >= 15 is 0 Å². The molecule has 3 aromatic rings. The first kappa shape index (κ1) is 20.1. The fourth-order valence-corrected chi connectivity index (χ4v) is 4.43. The van der Waals surface area contributed by atoms with Gasteiger partial charge in [0, 0.05) is 37.0 Å². The first-order valence-electron chi connectivity index (χ1n) is 10.5. The molecule has 0 amide bonds. The molecule has 1 atom stereocenters. The fraction of sp³-hybridized carbons (Fsp3) is 0.174. The largest absolute Gasteiger partial charge is 0.685 e. The number of anilines is 1. The molecular formula is C23H21BFN3O4. The van der Waals surface area contributed by atoms with E-state index in [1.165, 1.54) is 24.3 Å². The summed E-state index contributed by atoms with van der Waals surface area (Å²) in [6, 6.07) is 16.4. The molecule has 0 bridgehead atoms. The van der Waals surface area contributed by atoms with Crippen molar-refractivity contribution in [2.45, 2.75) is 13.8 Å².